The van der Waals surface area contributed by atoms with E-state index in [1.165, 1.54) is 36.8 Å². The molecule has 0 aliphatic rings. The third kappa shape index (κ3) is 3.80. The molecule has 0 unspecified atom stereocenters. The summed E-state index contributed by atoms with van der Waals surface area (Å²) in [5.74, 6) is -0.938. The fourth-order valence-corrected chi connectivity index (χ4v) is 3.31. The minimum atomic E-state index is -4.60. The fraction of sp³-hybridized carbons (Fsp3) is 0.273. The molecule has 2 rings (SSSR count). The van der Waals surface area contributed by atoms with Crippen LogP contribution in [0.3, 0.4) is 0 Å². The molecule has 0 bridgehead atoms. The maximum absolute atomic E-state index is 12.7. The minimum Gasteiger partial charge on any atom is -0.480 e. The van der Waals surface area contributed by atoms with Crippen molar-refractivity contribution in [1.29, 1.82) is 0 Å². The van der Waals surface area contributed by atoms with Crippen LogP contribution in [-0.2, 0) is 6.18 Å². The van der Waals surface area contributed by atoms with Gasteiger partial charge < -0.3 is 9.47 Å². The molecule has 2 aromatic rings. The number of thiazole rings is 1. The number of hydrogen-bond donors (Lipinski definition) is 1. The number of carbonyl (C=O) groups is 1. The van der Waals surface area contributed by atoms with E-state index in [0.717, 1.165) is 6.33 Å². The third-order valence-corrected chi connectivity index (χ3v) is 4.40. The van der Waals surface area contributed by atoms with E-state index >= 15 is 0 Å². The van der Waals surface area contributed by atoms with Crippen molar-refractivity contribution in [3.05, 3.63) is 20.5 Å². The van der Waals surface area contributed by atoms with Gasteiger partial charge in [-0.2, -0.15) is 13.2 Å². The number of methoxy groups -OCH3 is 2. The molecule has 2 heterocycles. The molecule has 0 saturated heterocycles. The summed E-state index contributed by atoms with van der Waals surface area (Å²) in [6.07, 6.45) is -3.47. The molecule has 0 aliphatic heterocycles. The van der Waals surface area contributed by atoms with E-state index in [2.05, 4.69) is 20.3 Å². The van der Waals surface area contributed by atoms with E-state index in [1.807, 2.05) is 0 Å². The lowest BCUT2D eigenvalue weighted by molar-refractivity contribution is -0.141. The maximum atomic E-state index is 12.7. The molecule has 7 nitrogen and oxygen atoms in total. The van der Waals surface area contributed by atoms with E-state index in [-0.39, 0.29) is 25.3 Å². The van der Waals surface area contributed by atoms with E-state index < -0.39 is 17.8 Å². The van der Waals surface area contributed by atoms with Crippen LogP contribution in [0.5, 0.6) is 11.8 Å². The Morgan fingerprint density at radius 2 is 1.83 bits per heavy atom. The number of ether oxygens (including phenoxy) is 2. The zero-order valence-electron chi connectivity index (χ0n) is 11.6. The van der Waals surface area contributed by atoms with Gasteiger partial charge in [0.05, 0.1) is 17.1 Å². The molecule has 1 N–H and O–H groups in total. The monoisotopic (exact) mass is 460 g/mol. The average molecular weight is 460 g/mol. The van der Waals surface area contributed by atoms with Crippen LogP contribution in [0.2, 0.25) is 0 Å². The molecule has 0 atom stereocenters. The molecular formula is C11H8F3IN4O3S. The first-order chi connectivity index (χ1) is 10.8. The number of nitrogens with zero attached hydrogens (tertiary/aromatic N) is 3. The van der Waals surface area contributed by atoms with Gasteiger partial charge in [0.25, 0.3) is 5.91 Å². The summed E-state index contributed by atoms with van der Waals surface area (Å²) < 4.78 is 48.0. The van der Waals surface area contributed by atoms with Gasteiger partial charge in [0.2, 0.25) is 11.8 Å². The van der Waals surface area contributed by atoms with Crippen LogP contribution in [0.4, 0.5) is 18.3 Å². The number of hydrogen-bond acceptors (Lipinski definition) is 7. The quantitative estimate of drug-likeness (QED) is 0.707. The van der Waals surface area contributed by atoms with Gasteiger partial charge in [0, 0.05) is 0 Å². The van der Waals surface area contributed by atoms with Gasteiger partial charge in [0.15, 0.2) is 16.4 Å². The molecule has 0 spiro atoms. The molecule has 0 aromatic carbocycles. The molecule has 0 fully saturated rings. The highest BCUT2D eigenvalue weighted by Crippen LogP contribution is 2.37. The van der Waals surface area contributed by atoms with Crippen molar-refractivity contribution in [3.8, 4) is 11.8 Å². The second kappa shape index (κ2) is 6.82. The minimum absolute atomic E-state index is 0.0725. The standard InChI is InChI=1S/C11H8F3IN4O3S/c1-21-8-4(9(22-2)17-3-16-8)7(20)19-10-18-5(6(15)23-10)11(12,13)14/h3H,1-2H3,(H,18,19,20). The second-order valence-corrected chi connectivity index (χ2v) is 6.67. The summed E-state index contributed by atoms with van der Waals surface area (Å²) in [5.41, 5.74) is -1.20. The highest BCUT2D eigenvalue weighted by Gasteiger charge is 2.37. The van der Waals surface area contributed by atoms with Crippen molar-refractivity contribution >= 4 is 45.0 Å². The predicted octanol–water partition coefficient (Wildman–Crippen LogP) is 2.83. The van der Waals surface area contributed by atoms with E-state index in [0.29, 0.717) is 11.3 Å². The van der Waals surface area contributed by atoms with Crippen molar-refractivity contribution in [2.75, 3.05) is 19.5 Å². The van der Waals surface area contributed by atoms with Crippen molar-refractivity contribution in [1.82, 2.24) is 15.0 Å². The largest absolute Gasteiger partial charge is 0.480 e. The molecule has 0 radical (unpaired) electrons. The van der Waals surface area contributed by atoms with Crippen LogP contribution < -0.4 is 14.8 Å². The first-order valence-electron chi connectivity index (χ1n) is 5.75. The molecule has 12 heteroatoms. The topological polar surface area (TPSA) is 86.2 Å². The van der Waals surface area contributed by atoms with Crippen LogP contribution in [0.25, 0.3) is 0 Å². The summed E-state index contributed by atoms with van der Waals surface area (Å²) in [7, 11) is 2.57. The Morgan fingerprint density at radius 1 is 1.26 bits per heavy atom. The molecule has 23 heavy (non-hydrogen) atoms. The molecule has 124 valence electrons. The van der Waals surface area contributed by atoms with Gasteiger partial charge in [-0.05, 0) is 22.6 Å². The van der Waals surface area contributed by atoms with Crippen molar-refractivity contribution in [2.45, 2.75) is 6.18 Å². The smallest absolute Gasteiger partial charge is 0.435 e. The SMILES string of the molecule is COc1ncnc(OC)c1C(=O)Nc1nc(C(F)(F)F)c(I)s1. The van der Waals surface area contributed by atoms with Gasteiger partial charge >= 0.3 is 6.18 Å². The fourth-order valence-electron chi connectivity index (χ4n) is 1.55. The lowest BCUT2D eigenvalue weighted by atomic mass is 10.3. The van der Waals surface area contributed by atoms with Crippen molar-refractivity contribution in [3.63, 3.8) is 0 Å². The first kappa shape index (κ1) is 17.7. The molecule has 1 amide bonds. The van der Waals surface area contributed by atoms with E-state index in [9.17, 15) is 18.0 Å². The highest BCUT2D eigenvalue weighted by molar-refractivity contribution is 14.1. The number of nitrogens with one attached hydrogen (secondary N) is 1. The van der Waals surface area contributed by atoms with Crippen LogP contribution in [0.1, 0.15) is 16.1 Å². The lowest BCUT2D eigenvalue weighted by Gasteiger charge is -2.09. The molecule has 2 aromatic heterocycles. The van der Waals surface area contributed by atoms with Gasteiger partial charge in [0.1, 0.15) is 6.33 Å². The Kier molecular flexibility index (Phi) is 5.23. The predicted molar refractivity (Wildman–Crippen MR) is 82.9 cm³/mol. The highest BCUT2D eigenvalue weighted by atomic mass is 127. The molecule has 0 saturated carbocycles. The summed E-state index contributed by atoms with van der Waals surface area (Å²) in [6.45, 7) is 0. The number of carbonyl (C=O) groups excluding carboxylic acids is 1. The Hall–Kier alpha value is -1.70. The molecular weight excluding hydrogens is 452 g/mol. The Bertz CT molecular complexity index is 716. The van der Waals surface area contributed by atoms with Crippen LogP contribution in [-0.4, -0.2) is 35.1 Å². The molecule has 0 aliphatic carbocycles. The van der Waals surface area contributed by atoms with Gasteiger partial charge in [-0.1, -0.05) is 11.3 Å². The number of aromatic nitrogens is 3. The third-order valence-electron chi connectivity index (χ3n) is 2.47. The number of alkyl halides is 3. The number of halogens is 4. The number of rotatable bonds is 4. The van der Waals surface area contributed by atoms with E-state index in [1.54, 1.807) is 0 Å². The average Bonchev–Trinajstić information content (AvgIpc) is 2.86. The van der Waals surface area contributed by atoms with Crippen LogP contribution >= 0.6 is 33.9 Å². The van der Waals surface area contributed by atoms with E-state index in [4.69, 9.17) is 9.47 Å². The van der Waals surface area contributed by atoms with Crippen LogP contribution in [0.15, 0.2) is 6.33 Å². The lowest BCUT2D eigenvalue weighted by Crippen LogP contribution is -2.16. The summed E-state index contributed by atoms with van der Waals surface area (Å²) in [6, 6.07) is 0. The van der Waals surface area contributed by atoms with Gasteiger partial charge in [-0.3, -0.25) is 10.1 Å². The van der Waals surface area contributed by atoms with Crippen molar-refractivity contribution in [2.24, 2.45) is 0 Å². The second-order valence-electron chi connectivity index (χ2n) is 3.86. The zero-order chi connectivity index (χ0) is 17.2. The summed E-state index contributed by atoms with van der Waals surface area (Å²) in [4.78, 5) is 23.2. The van der Waals surface area contributed by atoms with Gasteiger partial charge in [-0.15, -0.1) is 0 Å². The van der Waals surface area contributed by atoms with Crippen molar-refractivity contribution < 1.29 is 27.4 Å². The number of anilines is 1. The summed E-state index contributed by atoms with van der Waals surface area (Å²) in [5, 5.41) is 2.06. The summed E-state index contributed by atoms with van der Waals surface area (Å²) >= 11 is 2.20. The Labute approximate surface area is 145 Å². The zero-order valence-corrected chi connectivity index (χ0v) is 14.5. The normalized spacial score (nSPS) is 11.2. The number of amides is 1. The maximum Gasteiger partial charge on any atom is 0.435 e. The Morgan fingerprint density at radius 3 is 2.26 bits per heavy atom. The van der Waals surface area contributed by atoms with Crippen LogP contribution in [0, 0.1) is 2.88 Å². The first-order valence-corrected chi connectivity index (χ1v) is 7.65. The Balaban J connectivity index is 2.34. The van der Waals surface area contributed by atoms with Gasteiger partial charge in [-0.25, -0.2) is 15.0 Å².